The first kappa shape index (κ1) is 9.84. The molecule has 4 nitrogen and oxygen atoms in total. The molecular weight excluding hydrogens is 134 g/mol. The van der Waals surface area contributed by atoms with Crippen molar-refractivity contribution in [3.63, 3.8) is 0 Å². The first-order valence-electron chi connectivity index (χ1n) is 3.18. The van der Waals surface area contributed by atoms with Gasteiger partial charge in [-0.3, -0.25) is 5.73 Å². The molecule has 10 heavy (non-hydrogen) atoms. The Labute approximate surface area is 60.9 Å². The second-order valence-corrected chi connectivity index (χ2v) is 1.61. The van der Waals surface area contributed by atoms with Gasteiger partial charge in [-0.1, -0.05) is 0 Å². The van der Waals surface area contributed by atoms with Crippen LogP contribution < -0.4 is 5.73 Å². The monoisotopic (exact) mass is 147 g/mol. The van der Waals surface area contributed by atoms with Gasteiger partial charge in [-0.15, -0.1) is 0 Å². The number of hydrogen-bond donors (Lipinski definition) is 1. The van der Waals surface area contributed by atoms with Crippen LogP contribution in [0.1, 0.15) is 6.92 Å². The summed E-state index contributed by atoms with van der Waals surface area (Å²) in [6.45, 7) is 3.76. The lowest BCUT2D eigenvalue weighted by Crippen LogP contribution is -2.18. The van der Waals surface area contributed by atoms with Crippen molar-refractivity contribution in [3.8, 4) is 0 Å². The van der Waals surface area contributed by atoms with Crippen molar-refractivity contribution in [2.24, 2.45) is 0 Å². The van der Waals surface area contributed by atoms with E-state index in [0.717, 1.165) is 0 Å². The molecule has 1 unspecified atom stereocenters. The Morgan fingerprint density at radius 3 is 2.90 bits per heavy atom. The maximum Gasteiger partial charge on any atom is 0.178 e. The Morgan fingerprint density at radius 2 is 2.40 bits per heavy atom. The molecule has 0 aromatic carbocycles. The zero-order valence-corrected chi connectivity index (χ0v) is 6.04. The Kier molecular flexibility index (Phi) is 6.84. The molecule has 0 aromatic rings. The zero-order valence-electron chi connectivity index (χ0n) is 6.04. The van der Waals surface area contributed by atoms with E-state index < -0.39 is 6.29 Å². The largest absolute Gasteiger partial charge is 0.369 e. The van der Waals surface area contributed by atoms with E-state index in [9.17, 15) is 0 Å². The number of rotatable bonds is 6. The Morgan fingerprint density at radius 1 is 1.70 bits per heavy atom. The highest BCUT2D eigenvalue weighted by Gasteiger charge is 2.00. The predicted molar refractivity (Wildman–Crippen MR) is 35.8 cm³/mol. The van der Waals surface area contributed by atoms with Crippen LogP contribution in [0.3, 0.4) is 0 Å². The van der Waals surface area contributed by atoms with Crippen LogP contribution in [0.25, 0.3) is 0 Å². The average Bonchev–Trinajstić information content (AvgIpc) is 1.89. The minimum atomic E-state index is -0.868. The second-order valence-electron chi connectivity index (χ2n) is 1.61. The van der Waals surface area contributed by atoms with E-state index >= 15 is 0 Å². The van der Waals surface area contributed by atoms with Gasteiger partial charge < -0.3 is 14.6 Å². The second kappa shape index (κ2) is 6.95. The summed E-state index contributed by atoms with van der Waals surface area (Å²) in [6, 6.07) is 0. The molecule has 0 aliphatic rings. The number of hydrogen-bond acceptors (Lipinski definition) is 3. The lowest BCUT2D eigenvalue weighted by Gasteiger charge is -2.09. The standard InChI is InChI=1S/C6H13NO3/c1-2-10-6(8)5-9-4-3-7/h4,6-8H,2-3,5H2,1H3. The summed E-state index contributed by atoms with van der Waals surface area (Å²) >= 11 is 0. The quantitative estimate of drug-likeness (QED) is 0.418. The maximum absolute atomic E-state index is 8.85. The molecule has 0 aliphatic carbocycles. The summed E-state index contributed by atoms with van der Waals surface area (Å²) in [6.07, 6.45) is -0.868. The molecule has 0 amide bonds. The molecule has 0 saturated heterocycles. The number of aliphatic hydroxyl groups is 1. The van der Waals surface area contributed by atoms with E-state index in [1.165, 1.54) is 6.61 Å². The third-order valence-corrected chi connectivity index (χ3v) is 0.799. The lowest BCUT2D eigenvalue weighted by atomic mass is 10.6. The Bertz CT molecular complexity index is 70.0. The highest BCUT2D eigenvalue weighted by molar-refractivity contribution is 4.48. The van der Waals surface area contributed by atoms with E-state index in [1.54, 1.807) is 6.92 Å². The van der Waals surface area contributed by atoms with Crippen molar-refractivity contribution in [2.75, 3.05) is 19.8 Å². The van der Waals surface area contributed by atoms with Gasteiger partial charge in [0, 0.05) is 13.2 Å². The molecule has 0 spiro atoms. The number of aliphatic hydroxyl groups excluding tert-OH is 1. The van der Waals surface area contributed by atoms with Crippen molar-refractivity contribution in [3.05, 3.63) is 6.61 Å². The van der Waals surface area contributed by atoms with Crippen molar-refractivity contribution in [1.29, 1.82) is 0 Å². The minimum absolute atomic E-state index is 0.0961. The fraction of sp³-hybridized carbons (Fsp3) is 0.833. The van der Waals surface area contributed by atoms with Crippen LogP contribution >= 0.6 is 0 Å². The number of ether oxygens (including phenoxy) is 2. The molecule has 0 rings (SSSR count). The zero-order chi connectivity index (χ0) is 7.82. The molecule has 0 fully saturated rings. The molecule has 0 heterocycles. The van der Waals surface area contributed by atoms with Crippen LogP contribution in [0.4, 0.5) is 0 Å². The normalized spacial score (nSPS) is 13.5. The van der Waals surface area contributed by atoms with E-state index in [4.69, 9.17) is 20.3 Å². The summed E-state index contributed by atoms with van der Waals surface area (Å²) in [7, 11) is 0. The fourth-order valence-corrected chi connectivity index (χ4v) is 0.450. The topological polar surface area (TPSA) is 62.5 Å². The smallest absolute Gasteiger partial charge is 0.178 e. The van der Waals surface area contributed by atoms with Crippen molar-refractivity contribution < 1.29 is 14.6 Å². The van der Waals surface area contributed by atoms with Gasteiger partial charge in [-0.05, 0) is 6.92 Å². The van der Waals surface area contributed by atoms with Gasteiger partial charge >= 0.3 is 0 Å². The van der Waals surface area contributed by atoms with Gasteiger partial charge in [0.1, 0.15) is 0 Å². The van der Waals surface area contributed by atoms with E-state index in [1.807, 2.05) is 0 Å². The van der Waals surface area contributed by atoms with Gasteiger partial charge in [0.05, 0.1) is 13.2 Å². The molecule has 0 aromatic heterocycles. The highest BCUT2D eigenvalue weighted by Crippen LogP contribution is 1.89. The summed E-state index contributed by atoms with van der Waals surface area (Å²) < 4.78 is 9.45. The third kappa shape index (κ3) is 5.97. The lowest BCUT2D eigenvalue weighted by molar-refractivity contribution is -0.126. The molecule has 60 valence electrons. The van der Waals surface area contributed by atoms with Crippen LogP contribution in [0.2, 0.25) is 0 Å². The van der Waals surface area contributed by atoms with Crippen LogP contribution in [0.15, 0.2) is 0 Å². The molecule has 1 atom stereocenters. The molecule has 4 heteroatoms. The first-order valence-corrected chi connectivity index (χ1v) is 3.18. The van der Waals surface area contributed by atoms with Crippen LogP contribution in [-0.2, 0) is 9.47 Å². The van der Waals surface area contributed by atoms with Crippen LogP contribution in [0.5, 0.6) is 0 Å². The predicted octanol–water partition coefficient (Wildman–Crippen LogP) is -0.197. The average molecular weight is 147 g/mol. The first-order chi connectivity index (χ1) is 4.81. The number of nitrogens with one attached hydrogen (secondary N) is 1. The Balaban J connectivity index is 2.97. The van der Waals surface area contributed by atoms with Crippen LogP contribution in [-0.4, -0.2) is 31.2 Å². The summed E-state index contributed by atoms with van der Waals surface area (Å²) in [5, 5.41) is 8.85. The van der Waals surface area contributed by atoms with Crippen LogP contribution in [0, 0.1) is 6.61 Å². The molecule has 0 bridgehead atoms. The van der Waals surface area contributed by atoms with E-state index in [0.29, 0.717) is 6.61 Å². The van der Waals surface area contributed by atoms with E-state index in [-0.39, 0.29) is 13.2 Å². The van der Waals surface area contributed by atoms with Gasteiger partial charge in [0.2, 0.25) is 0 Å². The third-order valence-electron chi connectivity index (χ3n) is 0.799. The molecular formula is C6H13NO3. The van der Waals surface area contributed by atoms with Gasteiger partial charge in [0.25, 0.3) is 0 Å². The Hall–Kier alpha value is -0.160. The van der Waals surface area contributed by atoms with Gasteiger partial charge in [-0.2, -0.15) is 0 Å². The van der Waals surface area contributed by atoms with Crippen molar-refractivity contribution >= 4 is 0 Å². The fourth-order valence-electron chi connectivity index (χ4n) is 0.450. The molecule has 0 aliphatic heterocycles. The van der Waals surface area contributed by atoms with Gasteiger partial charge in [-0.25, -0.2) is 0 Å². The maximum atomic E-state index is 8.85. The van der Waals surface area contributed by atoms with Crippen molar-refractivity contribution in [1.82, 2.24) is 5.73 Å². The van der Waals surface area contributed by atoms with Gasteiger partial charge in [0.15, 0.2) is 6.29 Å². The molecule has 2 radical (unpaired) electrons. The molecule has 2 N–H and O–H groups in total. The van der Waals surface area contributed by atoms with E-state index in [2.05, 4.69) is 0 Å². The summed E-state index contributed by atoms with van der Waals surface area (Å²) in [4.78, 5) is 0. The minimum Gasteiger partial charge on any atom is -0.369 e. The molecule has 0 saturated carbocycles. The van der Waals surface area contributed by atoms with Crippen molar-refractivity contribution in [2.45, 2.75) is 13.2 Å². The summed E-state index contributed by atoms with van der Waals surface area (Å²) in [5.41, 5.74) is 6.65. The SMILES string of the molecule is CCOC(O)CO[CH]C[NH]. The summed E-state index contributed by atoms with van der Waals surface area (Å²) in [5.74, 6) is 0. The highest BCUT2D eigenvalue weighted by atomic mass is 16.6.